The van der Waals surface area contributed by atoms with Gasteiger partial charge in [-0.15, -0.1) is 0 Å². The molecule has 0 atom stereocenters. The first-order chi connectivity index (χ1) is 14.8. The van der Waals surface area contributed by atoms with Crippen LogP contribution in [0.4, 0.5) is 5.69 Å². The first-order valence-electron chi connectivity index (χ1n) is 11.2. The van der Waals surface area contributed by atoms with E-state index in [1.165, 1.54) is 0 Å². The standard InChI is InChI=1S/C20H33ClN3O4P.C2H6/c1-4-27-29(26,28-5-2)11-10-24-8-6-16(7-9-24)14-23-20(25)17-13-18(21)19(22)12-15(17)3;1-2/h12-13,16H,4-11,14,22H2,1-3H3,(H,23,25);1-2H3. The lowest BCUT2D eigenvalue weighted by Gasteiger charge is -2.32. The van der Waals surface area contributed by atoms with Crippen LogP contribution in [-0.2, 0) is 13.6 Å². The number of carbonyl (C=O) groups excluding carboxylic acids is 1. The number of hydrogen-bond acceptors (Lipinski definition) is 6. The van der Waals surface area contributed by atoms with Crippen LogP contribution in [0, 0.1) is 12.8 Å². The molecule has 1 fully saturated rings. The van der Waals surface area contributed by atoms with Crippen molar-refractivity contribution in [1.29, 1.82) is 0 Å². The van der Waals surface area contributed by atoms with Crippen molar-refractivity contribution in [2.75, 3.05) is 51.3 Å². The number of benzene rings is 1. The Labute approximate surface area is 192 Å². The van der Waals surface area contributed by atoms with E-state index in [2.05, 4.69) is 10.2 Å². The van der Waals surface area contributed by atoms with E-state index in [1.807, 2.05) is 34.6 Å². The highest BCUT2D eigenvalue weighted by Gasteiger charge is 2.26. The molecule has 0 spiro atoms. The summed E-state index contributed by atoms with van der Waals surface area (Å²) in [6.45, 7) is 13.4. The number of halogens is 1. The van der Waals surface area contributed by atoms with Crippen LogP contribution in [-0.4, -0.2) is 56.4 Å². The second-order valence-corrected chi connectivity index (χ2v) is 9.95. The molecule has 0 aliphatic carbocycles. The van der Waals surface area contributed by atoms with E-state index in [1.54, 1.807) is 12.1 Å². The number of nitrogen functional groups attached to an aromatic ring is 1. The number of hydrogen-bond donors (Lipinski definition) is 2. The molecule has 1 aromatic rings. The summed E-state index contributed by atoms with van der Waals surface area (Å²) >= 11 is 6.05. The molecule has 0 bridgehead atoms. The Hall–Kier alpha value is -1.11. The third-order valence-corrected chi connectivity index (χ3v) is 7.57. The number of rotatable bonds is 10. The average molecular weight is 476 g/mol. The van der Waals surface area contributed by atoms with Gasteiger partial charge in [-0.3, -0.25) is 9.36 Å². The molecule has 0 unspecified atom stereocenters. The number of amides is 1. The van der Waals surface area contributed by atoms with Gasteiger partial charge in [-0.1, -0.05) is 25.4 Å². The molecule has 2 rings (SSSR count). The lowest BCUT2D eigenvalue weighted by atomic mass is 9.96. The average Bonchev–Trinajstić information content (AvgIpc) is 2.75. The van der Waals surface area contributed by atoms with Crippen molar-refractivity contribution in [2.45, 2.75) is 47.5 Å². The molecular formula is C22H39ClN3O4P. The van der Waals surface area contributed by atoms with E-state index in [9.17, 15) is 9.36 Å². The number of nitrogens with zero attached hydrogens (tertiary/aromatic N) is 1. The van der Waals surface area contributed by atoms with Crippen LogP contribution in [0.15, 0.2) is 12.1 Å². The van der Waals surface area contributed by atoms with E-state index in [4.69, 9.17) is 26.4 Å². The Morgan fingerprint density at radius 1 is 1.23 bits per heavy atom. The fourth-order valence-electron chi connectivity index (χ4n) is 3.52. The molecule has 3 N–H and O–H groups in total. The molecule has 0 aromatic heterocycles. The zero-order chi connectivity index (χ0) is 23.4. The van der Waals surface area contributed by atoms with E-state index in [0.29, 0.717) is 54.7 Å². The molecule has 9 heteroatoms. The zero-order valence-electron chi connectivity index (χ0n) is 19.6. The molecule has 1 aliphatic rings. The molecular weight excluding hydrogens is 437 g/mol. The van der Waals surface area contributed by atoms with Gasteiger partial charge in [0, 0.05) is 18.7 Å². The Kier molecular flexibility index (Phi) is 12.7. The number of likely N-dealkylation sites (tertiary alicyclic amines) is 1. The summed E-state index contributed by atoms with van der Waals surface area (Å²) in [7, 11) is -2.99. The van der Waals surface area contributed by atoms with Gasteiger partial charge in [0.05, 0.1) is 30.1 Å². The summed E-state index contributed by atoms with van der Waals surface area (Å²) in [5, 5.41) is 3.41. The topological polar surface area (TPSA) is 93.9 Å². The maximum absolute atomic E-state index is 12.6. The predicted octanol–water partition coefficient (Wildman–Crippen LogP) is 4.96. The van der Waals surface area contributed by atoms with Crippen molar-refractivity contribution in [3.8, 4) is 0 Å². The molecule has 1 aliphatic heterocycles. The minimum atomic E-state index is -2.99. The van der Waals surface area contributed by atoms with Crippen molar-refractivity contribution < 1.29 is 18.4 Å². The Morgan fingerprint density at radius 2 is 1.81 bits per heavy atom. The summed E-state index contributed by atoms with van der Waals surface area (Å²) < 4.78 is 23.3. The summed E-state index contributed by atoms with van der Waals surface area (Å²) in [5.74, 6) is 0.298. The van der Waals surface area contributed by atoms with Gasteiger partial charge >= 0.3 is 7.60 Å². The van der Waals surface area contributed by atoms with Gasteiger partial charge in [0.15, 0.2) is 0 Å². The van der Waals surface area contributed by atoms with Gasteiger partial charge in [-0.25, -0.2) is 0 Å². The van der Waals surface area contributed by atoms with Crippen LogP contribution in [0.2, 0.25) is 5.02 Å². The van der Waals surface area contributed by atoms with E-state index in [-0.39, 0.29) is 5.91 Å². The van der Waals surface area contributed by atoms with Crippen molar-refractivity contribution in [3.05, 3.63) is 28.3 Å². The number of piperidine rings is 1. The van der Waals surface area contributed by atoms with Gasteiger partial charge in [0.25, 0.3) is 5.91 Å². The lowest BCUT2D eigenvalue weighted by molar-refractivity contribution is 0.0935. The second-order valence-electron chi connectivity index (χ2n) is 7.35. The SMILES string of the molecule is CC.CCOP(=O)(CCN1CCC(CNC(=O)c2cc(Cl)c(N)cc2C)CC1)OCC. The smallest absolute Gasteiger partial charge is 0.331 e. The minimum Gasteiger partial charge on any atom is -0.398 e. The van der Waals surface area contributed by atoms with Crippen molar-refractivity contribution in [2.24, 2.45) is 5.92 Å². The fourth-order valence-corrected chi connectivity index (χ4v) is 5.33. The third-order valence-electron chi connectivity index (χ3n) is 5.19. The highest BCUT2D eigenvalue weighted by Crippen LogP contribution is 2.47. The van der Waals surface area contributed by atoms with E-state index >= 15 is 0 Å². The number of carbonyl (C=O) groups is 1. The van der Waals surface area contributed by atoms with Crippen molar-refractivity contribution >= 4 is 30.8 Å². The van der Waals surface area contributed by atoms with E-state index < -0.39 is 7.60 Å². The quantitative estimate of drug-likeness (QED) is 0.366. The lowest BCUT2D eigenvalue weighted by Crippen LogP contribution is -2.39. The largest absolute Gasteiger partial charge is 0.398 e. The molecule has 7 nitrogen and oxygen atoms in total. The Bertz CT molecular complexity index is 730. The highest BCUT2D eigenvalue weighted by molar-refractivity contribution is 7.53. The third kappa shape index (κ3) is 9.11. The molecule has 31 heavy (non-hydrogen) atoms. The summed E-state index contributed by atoms with van der Waals surface area (Å²) in [5.41, 5.74) is 7.63. The van der Waals surface area contributed by atoms with Crippen LogP contribution in [0.3, 0.4) is 0 Å². The summed E-state index contributed by atoms with van der Waals surface area (Å²) in [6.07, 6.45) is 2.37. The van der Waals surface area contributed by atoms with Crippen molar-refractivity contribution in [1.82, 2.24) is 10.2 Å². The van der Waals surface area contributed by atoms with Crippen LogP contribution < -0.4 is 11.1 Å². The van der Waals surface area contributed by atoms with Crippen molar-refractivity contribution in [3.63, 3.8) is 0 Å². The summed E-state index contributed by atoms with van der Waals surface area (Å²) in [4.78, 5) is 14.8. The Morgan fingerprint density at radius 3 is 2.35 bits per heavy atom. The molecule has 1 amide bonds. The van der Waals surface area contributed by atoms with Gasteiger partial charge in [0.2, 0.25) is 0 Å². The maximum Gasteiger partial charge on any atom is 0.331 e. The maximum atomic E-state index is 12.6. The first-order valence-corrected chi connectivity index (χ1v) is 13.3. The van der Waals surface area contributed by atoms with Crippen LogP contribution in [0.5, 0.6) is 0 Å². The van der Waals surface area contributed by atoms with Gasteiger partial charge in [-0.2, -0.15) is 0 Å². The molecule has 1 heterocycles. The summed E-state index contributed by atoms with van der Waals surface area (Å²) in [6, 6.07) is 3.35. The highest BCUT2D eigenvalue weighted by atomic mass is 35.5. The van der Waals surface area contributed by atoms with Gasteiger partial charge < -0.3 is 25.0 Å². The predicted molar refractivity (Wildman–Crippen MR) is 129 cm³/mol. The van der Waals surface area contributed by atoms with E-state index in [0.717, 1.165) is 31.5 Å². The normalized spacial score (nSPS) is 15.3. The van der Waals surface area contributed by atoms with Crippen LogP contribution in [0.1, 0.15) is 56.5 Å². The monoisotopic (exact) mass is 475 g/mol. The molecule has 1 saturated heterocycles. The number of nitrogens with two attached hydrogens (primary N) is 1. The minimum absolute atomic E-state index is 0.124. The first kappa shape index (κ1) is 27.9. The number of aryl methyl sites for hydroxylation is 1. The molecule has 0 radical (unpaired) electrons. The zero-order valence-corrected chi connectivity index (χ0v) is 21.2. The van der Waals surface area contributed by atoms with Gasteiger partial charge in [0.1, 0.15) is 0 Å². The molecule has 178 valence electrons. The van der Waals surface area contributed by atoms with Crippen LogP contribution in [0.25, 0.3) is 0 Å². The Balaban J connectivity index is 0.00000233. The molecule has 1 aromatic carbocycles. The number of anilines is 1. The van der Waals surface area contributed by atoms with Crippen LogP contribution >= 0.6 is 19.2 Å². The fraction of sp³-hybridized carbons (Fsp3) is 0.682. The molecule has 0 saturated carbocycles. The second kappa shape index (κ2) is 14.1. The number of nitrogens with one attached hydrogen (secondary N) is 1. The van der Waals surface area contributed by atoms with Gasteiger partial charge in [-0.05, 0) is 70.3 Å².